The molecule has 9 aromatic carbocycles. The number of hydrogen-bond donors (Lipinski definition) is 0. The van der Waals surface area contributed by atoms with Gasteiger partial charge in [-0.05, 0) is 104 Å². The first-order chi connectivity index (χ1) is 29.0. The largest absolute Gasteiger partial charge is 0.458 e. The second kappa shape index (κ2) is 12.9. The van der Waals surface area contributed by atoms with E-state index < -0.39 is 5.41 Å². The second-order valence-corrected chi connectivity index (χ2v) is 16.4. The Kier molecular flexibility index (Phi) is 7.37. The Labute approximate surface area is 344 Å². The molecule has 9 aromatic rings. The molecule has 0 N–H and O–H groups in total. The van der Waals surface area contributed by atoms with E-state index in [2.05, 4.69) is 213 Å². The number of ether oxygens (including phenoxy) is 2. The van der Waals surface area contributed by atoms with Crippen molar-refractivity contribution >= 4 is 50.9 Å². The molecule has 0 fully saturated rings. The van der Waals surface area contributed by atoms with Crippen molar-refractivity contribution in [1.29, 1.82) is 0 Å². The van der Waals surface area contributed by atoms with E-state index in [1.165, 1.54) is 55.3 Å². The van der Waals surface area contributed by atoms with Gasteiger partial charge in [0.25, 0.3) is 6.71 Å². The Hall–Kier alpha value is -7.30. The van der Waals surface area contributed by atoms with Gasteiger partial charge in [-0.3, -0.25) is 0 Å². The van der Waals surface area contributed by atoms with Crippen LogP contribution in [0, 0.1) is 0 Å². The maximum atomic E-state index is 7.29. The number of fused-ring (bicyclic) bond motifs is 10. The average molecular weight is 756 g/mol. The summed E-state index contributed by atoms with van der Waals surface area (Å²) in [5.74, 6) is 3.53. The monoisotopic (exact) mass is 755 g/mol. The fourth-order valence-electron chi connectivity index (χ4n) is 10.0. The highest BCUT2D eigenvalue weighted by molar-refractivity contribution is 6.98. The number of benzene rings is 9. The van der Waals surface area contributed by atoms with Gasteiger partial charge in [-0.15, -0.1) is 0 Å². The molecule has 0 amide bonds. The van der Waals surface area contributed by atoms with Gasteiger partial charge in [0.15, 0.2) is 0 Å². The first-order valence-corrected chi connectivity index (χ1v) is 20.5. The van der Waals surface area contributed by atoms with Crippen LogP contribution in [0.3, 0.4) is 0 Å². The third-order valence-electron chi connectivity index (χ3n) is 12.7. The summed E-state index contributed by atoms with van der Waals surface area (Å²) >= 11 is 0. The van der Waals surface area contributed by atoms with Crippen molar-refractivity contribution in [3.63, 3.8) is 0 Å². The van der Waals surface area contributed by atoms with Crippen LogP contribution in [0.2, 0.25) is 0 Å². The van der Waals surface area contributed by atoms with Crippen molar-refractivity contribution < 1.29 is 9.47 Å². The normalized spacial score (nSPS) is 13.6. The van der Waals surface area contributed by atoms with E-state index >= 15 is 0 Å². The Bertz CT molecular complexity index is 3040. The molecule has 278 valence electrons. The van der Waals surface area contributed by atoms with Crippen LogP contribution in [0.4, 0.5) is 17.1 Å². The fraction of sp³-hybridized carbons (Fsp3) is 0.0545. The molecule has 4 heteroatoms. The molecule has 2 aliphatic heterocycles. The van der Waals surface area contributed by atoms with Gasteiger partial charge in [-0.2, -0.15) is 0 Å². The van der Waals surface area contributed by atoms with Crippen molar-refractivity contribution in [2.45, 2.75) is 19.3 Å². The predicted molar refractivity (Wildman–Crippen MR) is 245 cm³/mol. The molecule has 0 atom stereocenters. The number of nitrogens with zero attached hydrogens (tertiary/aromatic N) is 1. The molecule has 0 radical (unpaired) electrons. The highest BCUT2D eigenvalue weighted by atomic mass is 16.5. The molecular weight excluding hydrogens is 717 g/mol. The van der Waals surface area contributed by atoms with E-state index in [0.717, 1.165) is 56.4 Å². The van der Waals surface area contributed by atoms with Gasteiger partial charge in [0.2, 0.25) is 0 Å². The van der Waals surface area contributed by atoms with Crippen molar-refractivity contribution in [1.82, 2.24) is 0 Å². The quantitative estimate of drug-likeness (QED) is 0.163. The topological polar surface area (TPSA) is 21.7 Å². The van der Waals surface area contributed by atoms with Gasteiger partial charge < -0.3 is 14.4 Å². The lowest BCUT2D eigenvalue weighted by atomic mass is 9.34. The van der Waals surface area contributed by atoms with Gasteiger partial charge in [0.1, 0.15) is 23.0 Å². The van der Waals surface area contributed by atoms with Crippen LogP contribution in [0.1, 0.15) is 25.0 Å². The predicted octanol–water partition coefficient (Wildman–Crippen LogP) is 12.7. The zero-order valence-corrected chi connectivity index (χ0v) is 32.8. The van der Waals surface area contributed by atoms with E-state index in [1.807, 2.05) is 0 Å². The Morgan fingerprint density at radius 1 is 0.458 bits per heavy atom. The minimum atomic E-state index is -0.412. The summed E-state index contributed by atoms with van der Waals surface area (Å²) in [5.41, 5.74) is 15.9. The van der Waals surface area contributed by atoms with E-state index in [1.54, 1.807) is 0 Å². The van der Waals surface area contributed by atoms with Crippen LogP contribution in [0.15, 0.2) is 194 Å². The van der Waals surface area contributed by atoms with Crippen LogP contribution >= 0.6 is 0 Å². The van der Waals surface area contributed by atoms with E-state index in [9.17, 15) is 0 Å². The lowest BCUT2D eigenvalue weighted by Crippen LogP contribution is -2.57. The molecule has 3 aliphatic rings. The van der Waals surface area contributed by atoms with Crippen molar-refractivity contribution in [2.24, 2.45) is 0 Å². The van der Waals surface area contributed by atoms with Crippen molar-refractivity contribution in [3.05, 3.63) is 205 Å². The van der Waals surface area contributed by atoms with Crippen LogP contribution in [-0.2, 0) is 5.41 Å². The summed E-state index contributed by atoms with van der Waals surface area (Å²) in [4.78, 5) is 2.40. The lowest BCUT2D eigenvalue weighted by molar-refractivity contribution is 0.453. The molecule has 1 aliphatic carbocycles. The second-order valence-electron chi connectivity index (χ2n) is 16.4. The summed E-state index contributed by atoms with van der Waals surface area (Å²) in [7, 11) is 0. The molecule has 0 saturated heterocycles. The smallest absolute Gasteiger partial charge is 0.260 e. The Morgan fingerprint density at radius 2 is 0.966 bits per heavy atom. The van der Waals surface area contributed by atoms with Gasteiger partial charge in [-0.1, -0.05) is 159 Å². The molecule has 0 spiro atoms. The molecule has 0 saturated carbocycles. The van der Waals surface area contributed by atoms with Gasteiger partial charge in [0, 0.05) is 33.2 Å². The molecule has 59 heavy (non-hydrogen) atoms. The number of hydrogen-bond acceptors (Lipinski definition) is 3. The lowest BCUT2D eigenvalue weighted by Gasteiger charge is -2.36. The molecule has 12 rings (SSSR count). The SMILES string of the molecule is CC1(C)c2cc(N(c3ccccc3)c3ccccc3)c3ccccc3c2-c2cc3c4c(c21)Oc1ccc(-c2ccccc2)cc1B4c1cc(-c2ccccc2)ccc1O3. The Balaban J connectivity index is 1.11. The first kappa shape index (κ1) is 33.8. The van der Waals surface area contributed by atoms with Gasteiger partial charge in [-0.25, -0.2) is 0 Å². The standard InChI is InChI=1S/C55H38BNO2/c1-55(2)44-34-47(57(39-21-11-5-12-22-39)40-23-13-6-14-24-40)41-25-15-16-26-42(41)51(44)43-33-50-53-54(52(43)55)59-49-30-28-38(36-19-9-4-10-20-36)32-46(49)56(53)45-31-37(27-29-48(45)58-50)35-17-7-3-8-18-35/h3-34H,1-2H3. The molecule has 3 nitrogen and oxygen atoms in total. The van der Waals surface area contributed by atoms with Crippen LogP contribution in [0.25, 0.3) is 44.2 Å². The summed E-state index contributed by atoms with van der Waals surface area (Å²) < 4.78 is 14.3. The summed E-state index contributed by atoms with van der Waals surface area (Å²) in [6.45, 7) is 4.64. The first-order valence-electron chi connectivity index (χ1n) is 20.5. The van der Waals surface area contributed by atoms with Crippen LogP contribution < -0.4 is 30.8 Å². The van der Waals surface area contributed by atoms with Crippen LogP contribution in [-0.4, -0.2) is 6.71 Å². The maximum absolute atomic E-state index is 7.29. The van der Waals surface area contributed by atoms with E-state index in [-0.39, 0.29) is 6.71 Å². The molecule has 0 aromatic heterocycles. The van der Waals surface area contributed by atoms with Crippen molar-refractivity contribution in [2.75, 3.05) is 4.90 Å². The van der Waals surface area contributed by atoms with E-state index in [4.69, 9.17) is 9.47 Å². The molecular formula is C55H38BNO2. The zero-order chi connectivity index (χ0) is 39.2. The minimum absolute atomic E-state index is 0.0939. The highest BCUT2D eigenvalue weighted by Crippen LogP contribution is 2.59. The van der Waals surface area contributed by atoms with Crippen molar-refractivity contribution in [3.8, 4) is 56.4 Å². The summed E-state index contributed by atoms with van der Waals surface area (Å²) in [5, 5.41) is 2.39. The third kappa shape index (κ3) is 5.09. The minimum Gasteiger partial charge on any atom is -0.458 e. The summed E-state index contributed by atoms with van der Waals surface area (Å²) in [6.07, 6.45) is 0. The molecule has 0 bridgehead atoms. The number of para-hydroxylation sites is 2. The number of anilines is 3. The number of rotatable bonds is 5. The highest BCUT2D eigenvalue weighted by Gasteiger charge is 2.48. The maximum Gasteiger partial charge on any atom is 0.260 e. The average Bonchev–Trinajstić information content (AvgIpc) is 3.52. The summed E-state index contributed by atoms with van der Waals surface area (Å²) in [6, 6.07) is 69.7. The zero-order valence-electron chi connectivity index (χ0n) is 32.8. The van der Waals surface area contributed by atoms with Gasteiger partial charge >= 0.3 is 0 Å². The molecule has 0 unspecified atom stereocenters. The van der Waals surface area contributed by atoms with E-state index in [0.29, 0.717) is 0 Å². The third-order valence-corrected chi connectivity index (χ3v) is 12.7. The van der Waals surface area contributed by atoms with Gasteiger partial charge in [0.05, 0.1) is 5.69 Å². The van der Waals surface area contributed by atoms with Crippen LogP contribution in [0.5, 0.6) is 23.0 Å². The molecule has 2 heterocycles. The fourth-order valence-corrected chi connectivity index (χ4v) is 10.0. The Morgan fingerprint density at radius 3 is 1.54 bits per heavy atom.